The number of carbonyl (C=O) groups is 1. The van der Waals surface area contributed by atoms with Crippen LogP contribution < -0.4 is 10.4 Å². The summed E-state index contributed by atoms with van der Waals surface area (Å²) in [6.45, 7) is 8.60. The summed E-state index contributed by atoms with van der Waals surface area (Å²) in [5, 5.41) is 21.3. The summed E-state index contributed by atoms with van der Waals surface area (Å²) < 4.78 is 17.1. The van der Waals surface area contributed by atoms with Crippen LogP contribution in [0.3, 0.4) is 0 Å². The summed E-state index contributed by atoms with van der Waals surface area (Å²) in [6.07, 6.45) is -3.27. The van der Waals surface area contributed by atoms with Gasteiger partial charge in [0.2, 0.25) is 6.29 Å². The highest BCUT2D eigenvalue weighted by Gasteiger charge is 2.47. The lowest BCUT2D eigenvalue weighted by atomic mass is 9.82. The van der Waals surface area contributed by atoms with Crippen molar-refractivity contribution in [3.05, 3.63) is 39.7 Å². The molecule has 28 heavy (non-hydrogen) atoms. The number of Topliss-reactive ketones (excluding diaryl/α,β-unsaturated/α-hetero) is 1. The van der Waals surface area contributed by atoms with Crippen molar-refractivity contribution in [2.75, 3.05) is 0 Å². The second kappa shape index (κ2) is 7.31. The molecule has 1 aliphatic rings. The Kier molecular flexibility index (Phi) is 5.36. The molecule has 2 heterocycles. The van der Waals surface area contributed by atoms with Crippen LogP contribution in [0.2, 0.25) is 0 Å². The second-order valence-electron chi connectivity index (χ2n) is 8.02. The first kappa shape index (κ1) is 20.5. The van der Waals surface area contributed by atoms with Gasteiger partial charge >= 0.3 is 5.63 Å². The van der Waals surface area contributed by atoms with Crippen LogP contribution in [0.15, 0.2) is 27.4 Å². The minimum Gasteiger partial charge on any atom is -0.462 e. The van der Waals surface area contributed by atoms with Crippen molar-refractivity contribution in [2.45, 2.75) is 65.1 Å². The van der Waals surface area contributed by atoms with Gasteiger partial charge in [0, 0.05) is 28.9 Å². The lowest BCUT2D eigenvalue weighted by Gasteiger charge is -2.46. The fourth-order valence-electron chi connectivity index (χ4n) is 3.43. The summed E-state index contributed by atoms with van der Waals surface area (Å²) in [5.74, 6) is -0.0310. The number of benzene rings is 1. The largest absolute Gasteiger partial charge is 0.462 e. The SMILES string of the molecule is CC(=O)Cc1cc2ccc(OC3OC(C)(C)C(C)C(O)C3O)c(C)c2oc1=O. The zero-order valence-electron chi connectivity index (χ0n) is 16.7. The van der Waals surface area contributed by atoms with Gasteiger partial charge in [-0.3, -0.25) is 4.79 Å². The van der Waals surface area contributed by atoms with E-state index in [4.69, 9.17) is 13.9 Å². The first-order valence-corrected chi connectivity index (χ1v) is 9.27. The number of rotatable bonds is 4. The van der Waals surface area contributed by atoms with E-state index in [0.29, 0.717) is 27.8 Å². The molecular weight excluding hydrogens is 364 g/mol. The Hall–Kier alpha value is -2.22. The molecule has 3 rings (SSSR count). The van der Waals surface area contributed by atoms with E-state index in [-0.39, 0.29) is 18.1 Å². The number of carbonyl (C=O) groups excluding carboxylic acids is 1. The van der Waals surface area contributed by atoms with Crippen LogP contribution in [0, 0.1) is 12.8 Å². The molecular formula is C21H26O7. The lowest BCUT2D eigenvalue weighted by Crippen LogP contribution is -2.59. The number of ether oxygens (including phenoxy) is 2. The quantitative estimate of drug-likeness (QED) is 0.770. The molecule has 1 aliphatic heterocycles. The van der Waals surface area contributed by atoms with E-state index >= 15 is 0 Å². The fraction of sp³-hybridized carbons (Fsp3) is 0.524. The normalized spacial score (nSPS) is 27.0. The van der Waals surface area contributed by atoms with Gasteiger partial charge in [-0.2, -0.15) is 0 Å². The van der Waals surface area contributed by atoms with Crippen molar-refractivity contribution in [3.63, 3.8) is 0 Å². The molecule has 152 valence electrons. The number of ketones is 1. The molecule has 0 spiro atoms. The molecule has 1 saturated heterocycles. The van der Waals surface area contributed by atoms with Crippen LogP contribution in [0.5, 0.6) is 5.75 Å². The van der Waals surface area contributed by atoms with Gasteiger partial charge in [0.25, 0.3) is 0 Å². The highest BCUT2D eigenvalue weighted by atomic mass is 16.7. The summed E-state index contributed by atoms with van der Waals surface area (Å²) >= 11 is 0. The number of aryl methyl sites for hydroxylation is 1. The van der Waals surface area contributed by atoms with Crippen LogP contribution in [-0.4, -0.2) is 40.1 Å². The molecule has 1 aromatic carbocycles. The number of aliphatic hydroxyl groups is 2. The van der Waals surface area contributed by atoms with Crippen LogP contribution in [-0.2, 0) is 16.0 Å². The van der Waals surface area contributed by atoms with Gasteiger partial charge in [0.15, 0.2) is 0 Å². The highest BCUT2D eigenvalue weighted by molar-refractivity contribution is 5.84. The molecule has 1 fully saturated rings. The van der Waals surface area contributed by atoms with E-state index in [0.717, 1.165) is 0 Å². The summed E-state index contributed by atoms with van der Waals surface area (Å²) in [4.78, 5) is 23.5. The Morgan fingerprint density at radius 1 is 1.25 bits per heavy atom. The Morgan fingerprint density at radius 3 is 2.57 bits per heavy atom. The zero-order valence-corrected chi connectivity index (χ0v) is 16.7. The molecule has 4 atom stereocenters. The average molecular weight is 390 g/mol. The summed E-state index contributed by atoms with van der Waals surface area (Å²) in [6, 6.07) is 5.03. The molecule has 4 unspecified atom stereocenters. The number of aliphatic hydroxyl groups excluding tert-OH is 2. The van der Waals surface area contributed by atoms with Crippen molar-refractivity contribution in [1.29, 1.82) is 0 Å². The molecule has 0 saturated carbocycles. The second-order valence-corrected chi connectivity index (χ2v) is 8.02. The first-order chi connectivity index (χ1) is 13.0. The Labute approximate surface area is 162 Å². The minimum atomic E-state index is -1.22. The van der Waals surface area contributed by atoms with Gasteiger partial charge in [0.1, 0.15) is 23.2 Å². The van der Waals surface area contributed by atoms with Gasteiger partial charge < -0.3 is 24.1 Å². The topological polar surface area (TPSA) is 106 Å². The van der Waals surface area contributed by atoms with Crippen molar-refractivity contribution in [3.8, 4) is 5.75 Å². The molecule has 1 aromatic heterocycles. The highest BCUT2D eigenvalue weighted by Crippen LogP contribution is 2.36. The monoisotopic (exact) mass is 390 g/mol. The van der Waals surface area contributed by atoms with E-state index in [1.165, 1.54) is 6.92 Å². The van der Waals surface area contributed by atoms with Gasteiger partial charge in [-0.05, 0) is 45.9 Å². The molecule has 2 N–H and O–H groups in total. The van der Waals surface area contributed by atoms with E-state index in [1.54, 1.807) is 32.0 Å². The van der Waals surface area contributed by atoms with Crippen LogP contribution in [0.25, 0.3) is 11.0 Å². The maximum Gasteiger partial charge on any atom is 0.339 e. The van der Waals surface area contributed by atoms with E-state index in [2.05, 4.69) is 0 Å². The smallest absolute Gasteiger partial charge is 0.339 e. The predicted octanol–water partition coefficient (Wildman–Crippen LogP) is 2.10. The van der Waals surface area contributed by atoms with Crippen molar-refractivity contribution >= 4 is 16.8 Å². The lowest BCUT2D eigenvalue weighted by molar-refractivity contribution is -0.285. The van der Waals surface area contributed by atoms with E-state index < -0.39 is 29.7 Å². The third kappa shape index (κ3) is 3.70. The maximum absolute atomic E-state index is 12.2. The van der Waals surface area contributed by atoms with Gasteiger partial charge in [-0.1, -0.05) is 6.92 Å². The number of hydrogen-bond donors (Lipinski definition) is 2. The molecule has 7 heteroatoms. The molecule has 0 aliphatic carbocycles. The number of hydrogen-bond acceptors (Lipinski definition) is 7. The Bertz CT molecular complexity index is 959. The van der Waals surface area contributed by atoms with Crippen molar-refractivity contribution < 1.29 is 28.9 Å². The third-order valence-electron chi connectivity index (χ3n) is 5.51. The molecule has 0 amide bonds. The van der Waals surface area contributed by atoms with Crippen LogP contribution in [0.4, 0.5) is 0 Å². The number of fused-ring (bicyclic) bond motifs is 1. The Morgan fingerprint density at radius 2 is 1.93 bits per heavy atom. The summed E-state index contributed by atoms with van der Waals surface area (Å²) in [7, 11) is 0. The first-order valence-electron chi connectivity index (χ1n) is 9.27. The predicted molar refractivity (Wildman–Crippen MR) is 102 cm³/mol. The minimum absolute atomic E-state index is 0.0167. The third-order valence-corrected chi connectivity index (χ3v) is 5.51. The molecule has 7 nitrogen and oxygen atoms in total. The maximum atomic E-state index is 12.2. The van der Waals surface area contributed by atoms with Crippen LogP contribution in [0.1, 0.15) is 38.8 Å². The van der Waals surface area contributed by atoms with Gasteiger partial charge in [-0.15, -0.1) is 0 Å². The molecule has 2 aromatic rings. The van der Waals surface area contributed by atoms with E-state index in [1.807, 2.05) is 13.8 Å². The fourth-order valence-corrected chi connectivity index (χ4v) is 3.43. The van der Waals surface area contributed by atoms with E-state index in [9.17, 15) is 19.8 Å². The van der Waals surface area contributed by atoms with Crippen LogP contribution >= 0.6 is 0 Å². The van der Waals surface area contributed by atoms with Crippen molar-refractivity contribution in [2.24, 2.45) is 5.92 Å². The summed E-state index contributed by atoms with van der Waals surface area (Å²) in [5.41, 5.74) is -0.0541. The average Bonchev–Trinajstić information content (AvgIpc) is 2.61. The van der Waals surface area contributed by atoms with Gasteiger partial charge in [-0.25, -0.2) is 4.79 Å². The molecule has 0 radical (unpaired) electrons. The van der Waals surface area contributed by atoms with Crippen molar-refractivity contribution in [1.82, 2.24) is 0 Å². The standard InChI is InChI=1S/C21H26O7/c1-10(22)8-14-9-13-6-7-15(11(2)18(13)27-19(14)25)26-20-17(24)16(23)12(3)21(4,5)28-20/h6-7,9,12,16-17,20,23-24H,8H2,1-5H3. The Balaban J connectivity index is 1.95. The van der Waals surface area contributed by atoms with Gasteiger partial charge in [0.05, 0.1) is 11.7 Å². The zero-order chi connectivity index (χ0) is 20.8. The molecule has 0 bridgehead atoms.